The van der Waals surface area contributed by atoms with Gasteiger partial charge < -0.3 is 9.47 Å². The molecule has 1 aliphatic rings. The van der Waals surface area contributed by atoms with Gasteiger partial charge in [0.05, 0.1) is 17.9 Å². The Morgan fingerprint density at radius 3 is 2.12 bits per heavy atom. The number of piperidine rings is 1. The summed E-state index contributed by atoms with van der Waals surface area (Å²) in [5.74, 6) is 0.505. The molecule has 0 aliphatic carbocycles. The topological polar surface area (TPSA) is 72.9 Å². The predicted octanol–water partition coefficient (Wildman–Crippen LogP) is 2.70. The molecule has 0 radical (unpaired) electrons. The summed E-state index contributed by atoms with van der Waals surface area (Å²) in [6, 6.07) is 15.1. The van der Waals surface area contributed by atoms with Crippen LogP contribution in [0.5, 0.6) is 11.5 Å². The van der Waals surface area contributed by atoms with E-state index in [2.05, 4.69) is 0 Å². The minimum Gasteiger partial charge on any atom is -0.497 e. The first kappa shape index (κ1) is 18.4. The number of hydrogen-bond donors (Lipinski definition) is 0. The van der Waals surface area contributed by atoms with Crippen LogP contribution >= 0.6 is 0 Å². The van der Waals surface area contributed by atoms with E-state index >= 15 is 0 Å². The van der Waals surface area contributed by atoms with Crippen molar-refractivity contribution in [1.29, 1.82) is 0 Å². The van der Waals surface area contributed by atoms with E-state index in [0.717, 1.165) is 0 Å². The Morgan fingerprint density at radius 2 is 1.54 bits per heavy atom. The lowest BCUT2D eigenvalue weighted by Gasteiger charge is -2.30. The molecule has 2 aromatic carbocycles. The van der Waals surface area contributed by atoms with E-state index in [9.17, 15) is 13.2 Å². The lowest BCUT2D eigenvalue weighted by molar-refractivity contribution is -0.140. The second-order valence-corrected chi connectivity index (χ2v) is 8.03. The third kappa shape index (κ3) is 4.05. The monoisotopic (exact) mass is 375 g/mol. The number of sulfonamides is 1. The van der Waals surface area contributed by atoms with Crippen molar-refractivity contribution in [2.24, 2.45) is 5.92 Å². The van der Waals surface area contributed by atoms with Crippen LogP contribution in [0.2, 0.25) is 0 Å². The molecule has 2 aromatic rings. The molecule has 0 saturated carbocycles. The Hall–Kier alpha value is -2.38. The smallest absolute Gasteiger partial charge is 0.314 e. The lowest BCUT2D eigenvalue weighted by atomic mass is 9.98. The van der Waals surface area contributed by atoms with E-state index in [0.29, 0.717) is 37.4 Å². The van der Waals surface area contributed by atoms with Gasteiger partial charge in [-0.1, -0.05) is 18.2 Å². The highest BCUT2D eigenvalue weighted by Crippen LogP contribution is 2.26. The van der Waals surface area contributed by atoms with E-state index in [-0.39, 0.29) is 16.8 Å². The van der Waals surface area contributed by atoms with Gasteiger partial charge in [-0.2, -0.15) is 4.31 Å². The Morgan fingerprint density at radius 1 is 0.962 bits per heavy atom. The molecular formula is C19H21NO5S. The highest BCUT2D eigenvalue weighted by atomic mass is 32.2. The molecule has 0 atom stereocenters. The highest BCUT2D eigenvalue weighted by molar-refractivity contribution is 7.89. The molecule has 0 amide bonds. The summed E-state index contributed by atoms with van der Waals surface area (Å²) < 4.78 is 37.1. The van der Waals surface area contributed by atoms with E-state index < -0.39 is 10.0 Å². The van der Waals surface area contributed by atoms with Crippen LogP contribution in [0.1, 0.15) is 12.8 Å². The number of hydrogen-bond acceptors (Lipinski definition) is 5. The molecule has 1 saturated heterocycles. The van der Waals surface area contributed by atoms with Gasteiger partial charge >= 0.3 is 5.97 Å². The Bertz CT molecular complexity index is 841. The average Bonchev–Trinajstić information content (AvgIpc) is 2.69. The van der Waals surface area contributed by atoms with Crippen LogP contribution in [0.25, 0.3) is 0 Å². The first-order valence-corrected chi connectivity index (χ1v) is 9.85. The van der Waals surface area contributed by atoms with Crippen molar-refractivity contribution in [1.82, 2.24) is 4.31 Å². The standard InChI is InChI=1S/C19H21NO5S/c1-24-16-7-9-17(10-8-16)25-19(21)15-11-13-20(14-12-15)26(22,23)18-5-3-2-4-6-18/h2-10,15H,11-14H2,1H3. The summed E-state index contributed by atoms with van der Waals surface area (Å²) in [5, 5.41) is 0. The summed E-state index contributed by atoms with van der Waals surface area (Å²) in [6.07, 6.45) is 0.891. The first-order chi connectivity index (χ1) is 12.5. The molecule has 0 aromatic heterocycles. The van der Waals surface area contributed by atoms with Crippen molar-refractivity contribution in [2.45, 2.75) is 17.7 Å². The second kappa shape index (κ2) is 7.88. The van der Waals surface area contributed by atoms with Gasteiger partial charge in [0, 0.05) is 13.1 Å². The van der Waals surface area contributed by atoms with Crippen LogP contribution in [0, 0.1) is 5.92 Å². The number of ether oxygens (including phenoxy) is 2. The minimum atomic E-state index is -3.51. The third-order valence-electron chi connectivity index (χ3n) is 4.45. The fourth-order valence-electron chi connectivity index (χ4n) is 2.92. The molecular weight excluding hydrogens is 354 g/mol. The summed E-state index contributed by atoms with van der Waals surface area (Å²) in [4.78, 5) is 12.6. The molecule has 1 aliphatic heterocycles. The molecule has 3 rings (SSSR count). The molecule has 6 nitrogen and oxygen atoms in total. The quantitative estimate of drug-likeness (QED) is 0.593. The summed E-state index contributed by atoms with van der Waals surface area (Å²) >= 11 is 0. The van der Waals surface area contributed by atoms with Crippen LogP contribution in [0.4, 0.5) is 0 Å². The second-order valence-electron chi connectivity index (χ2n) is 6.09. The fraction of sp³-hybridized carbons (Fsp3) is 0.316. The summed E-state index contributed by atoms with van der Waals surface area (Å²) in [5.41, 5.74) is 0. The minimum absolute atomic E-state index is 0.277. The van der Waals surface area contributed by atoms with Crippen LogP contribution < -0.4 is 9.47 Å². The molecule has 1 fully saturated rings. The zero-order valence-corrected chi connectivity index (χ0v) is 15.3. The van der Waals surface area contributed by atoms with Gasteiger partial charge in [0.2, 0.25) is 10.0 Å². The van der Waals surface area contributed by atoms with E-state index in [4.69, 9.17) is 9.47 Å². The average molecular weight is 375 g/mol. The number of benzene rings is 2. The van der Waals surface area contributed by atoms with Gasteiger partial charge in [-0.05, 0) is 49.2 Å². The van der Waals surface area contributed by atoms with Crippen LogP contribution in [-0.2, 0) is 14.8 Å². The largest absolute Gasteiger partial charge is 0.497 e. The van der Waals surface area contributed by atoms with E-state index in [1.807, 2.05) is 0 Å². The van der Waals surface area contributed by atoms with Crippen molar-refractivity contribution < 1.29 is 22.7 Å². The van der Waals surface area contributed by atoms with Crippen molar-refractivity contribution in [3.63, 3.8) is 0 Å². The third-order valence-corrected chi connectivity index (χ3v) is 6.36. The molecule has 0 N–H and O–H groups in total. The highest BCUT2D eigenvalue weighted by Gasteiger charge is 2.32. The maximum atomic E-state index is 12.6. The number of carbonyl (C=O) groups excluding carboxylic acids is 1. The van der Waals surface area contributed by atoms with Gasteiger partial charge in [-0.15, -0.1) is 0 Å². The zero-order valence-electron chi connectivity index (χ0n) is 14.5. The maximum Gasteiger partial charge on any atom is 0.314 e. The Kier molecular flexibility index (Phi) is 5.58. The molecule has 138 valence electrons. The van der Waals surface area contributed by atoms with E-state index in [1.165, 1.54) is 4.31 Å². The molecule has 0 unspecified atom stereocenters. The summed E-state index contributed by atoms with van der Waals surface area (Å²) in [7, 11) is -1.94. The number of rotatable bonds is 5. The molecule has 26 heavy (non-hydrogen) atoms. The number of methoxy groups -OCH3 is 1. The molecule has 1 heterocycles. The maximum absolute atomic E-state index is 12.6. The fourth-order valence-corrected chi connectivity index (χ4v) is 4.41. The van der Waals surface area contributed by atoms with Crippen molar-refractivity contribution in [3.8, 4) is 11.5 Å². The van der Waals surface area contributed by atoms with Crippen LogP contribution in [0.3, 0.4) is 0 Å². The van der Waals surface area contributed by atoms with Gasteiger partial charge in [0.15, 0.2) is 0 Å². The van der Waals surface area contributed by atoms with Crippen molar-refractivity contribution >= 4 is 16.0 Å². The van der Waals surface area contributed by atoms with Crippen LogP contribution in [-0.4, -0.2) is 38.9 Å². The van der Waals surface area contributed by atoms with Gasteiger partial charge in [0.25, 0.3) is 0 Å². The predicted molar refractivity (Wildman–Crippen MR) is 96.6 cm³/mol. The Balaban J connectivity index is 1.58. The Labute approximate surface area is 153 Å². The number of carbonyl (C=O) groups is 1. The van der Waals surface area contributed by atoms with Crippen LogP contribution in [0.15, 0.2) is 59.5 Å². The van der Waals surface area contributed by atoms with Gasteiger partial charge in [0.1, 0.15) is 11.5 Å². The molecule has 0 spiro atoms. The summed E-state index contributed by atoms with van der Waals surface area (Å²) in [6.45, 7) is 0.610. The van der Waals surface area contributed by atoms with E-state index in [1.54, 1.807) is 61.7 Å². The lowest BCUT2D eigenvalue weighted by Crippen LogP contribution is -2.41. The number of esters is 1. The van der Waals surface area contributed by atoms with Crippen molar-refractivity contribution in [2.75, 3.05) is 20.2 Å². The molecule has 7 heteroatoms. The number of nitrogens with zero attached hydrogens (tertiary/aromatic N) is 1. The van der Waals surface area contributed by atoms with Crippen molar-refractivity contribution in [3.05, 3.63) is 54.6 Å². The SMILES string of the molecule is COc1ccc(OC(=O)C2CCN(S(=O)(=O)c3ccccc3)CC2)cc1. The zero-order chi connectivity index (χ0) is 18.6. The van der Waals surface area contributed by atoms with Gasteiger partial charge in [-0.3, -0.25) is 4.79 Å². The van der Waals surface area contributed by atoms with Gasteiger partial charge in [-0.25, -0.2) is 8.42 Å². The normalized spacial score (nSPS) is 16.2. The first-order valence-electron chi connectivity index (χ1n) is 8.41. The molecule has 0 bridgehead atoms.